The van der Waals surface area contributed by atoms with E-state index in [1.807, 2.05) is 0 Å². The normalized spacial score (nSPS) is 32.8. The van der Waals surface area contributed by atoms with E-state index in [0.717, 1.165) is 0 Å². The van der Waals surface area contributed by atoms with E-state index < -0.39 is 0 Å². The Morgan fingerprint density at radius 3 is 1.94 bits per heavy atom. The van der Waals surface area contributed by atoms with Crippen molar-refractivity contribution in [2.75, 3.05) is 19.7 Å². The zero-order valence-electron chi connectivity index (χ0n) is 10.4. The average Bonchev–Trinajstić information content (AvgIpc) is 2.77. The predicted octanol–water partition coefficient (Wildman–Crippen LogP) is 2.56. The molecule has 1 spiro atoms. The molecule has 3 fully saturated rings. The van der Waals surface area contributed by atoms with Gasteiger partial charge < -0.3 is 5.11 Å². The van der Waals surface area contributed by atoms with E-state index in [4.69, 9.17) is 0 Å². The maximum atomic E-state index is 9.77. The molecule has 2 aliphatic carbocycles. The van der Waals surface area contributed by atoms with Crippen molar-refractivity contribution in [2.24, 2.45) is 5.41 Å². The van der Waals surface area contributed by atoms with E-state index in [2.05, 4.69) is 4.90 Å². The molecule has 0 aromatic carbocycles. The van der Waals surface area contributed by atoms with Crippen LogP contribution in [0.4, 0.5) is 0 Å². The number of rotatable bonds is 2. The number of aliphatic hydroxyl groups excluding tert-OH is 1. The highest BCUT2D eigenvalue weighted by Gasteiger charge is 2.51. The molecule has 1 saturated heterocycles. The lowest BCUT2D eigenvalue weighted by Crippen LogP contribution is -2.66. The van der Waals surface area contributed by atoms with Crippen molar-refractivity contribution in [3.8, 4) is 0 Å². The molecule has 1 aliphatic heterocycles. The van der Waals surface area contributed by atoms with Crippen molar-refractivity contribution in [3.63, 3.8) is 0 Å². The van der Waals surface area contributed by atoms with Crippen molar-refractivity contribution in [1.29, 1.82) is 0 Å². The van der Waals surface area contributed by atoms with Gasteiger partial charge in [0.1, 0.15) is 0 Å². The summed E-state index contributed by atoms with van der Waals surface area (Å²) < 4.78 is 0. The summed E-state index contributed by atoms with van der Waals surface area (Å²) >= 11 is 0. The third-order valence-corrected chi connectivity index (χ3v) is 5.47. The van der Waals surface area contributed by atoms with Crippen LogP contribution in [-0.2, 0) is 0 Å². The van der Waals surface area contributed by atoms with Crippen LogP contribution >= 0.6 is 0 Å². The fourth-order valence-corrected chi connectivity index (χ4v) is 4.32. The lowest BCUT2D eigenvalue weighted by molar-refractivity contribution is -0.109. The molecule has 3 aliphatic rings. The molecule has 0 unspecified atom stereocenters. The summed E-state index contributed by atoms with van der Waals surface area (Å²) in [6.45, 7) is 2.96. The Kier molecular flexibility index (Phi) is 2.75. The molecule has 0 aromatic rings. The molecule has 2 heteroatoms. The van der Waals surface area contributed by atoms with Crippen LogP contribution in [0.3, 0.4) is 0 Å². The molecular weight excluding hydrogens is 198 g/mol. The number of hydrogen-bond acceptors (Lipinski definition) is 2. The van der Waals surface area contributed by atoms with Gasteiger partial charge in [0.05, 0.1) is 6.61 Å². The highest BCUT2D eigenvalue weighted by atomic mass is 16.3. The monoisotopic (exact) mass is 223 g/mol. The second-order valence-electron chi connectivity index (χ2n) is 6.51. The smallest absolute Gasteiger partial charge is 0.0615 e. The lowest BCUT2D eigenvalue weighted by atomic mass is 9.71. The molecule has 3 rings (SSSR count). The Labute approximate surface area is 99.0 Å². The molecular formula is C14H25NO. The van der Waals surface area contributed by atoms with Crippen LogP contribution in [0.1, 0.15) is 57.8 Å². The standard InChI is InChI=1S/C14H25NO/c16-12-14(8-2-1-3-9-14)15-10-13(11-15)6-4-5-7-13/h16H,1-12H2. The first-order chi connectivity index (χ1) is 7.79. The molecule has 2 nitrogen and oxygen atoms in total. The summed E-state index contributed by atoms with van der Waals surface area (Å²) in [6, 6.07) is 0. The lowest BCUT2D eigenvalue weighted by Gasteiger charge is -2.58. The summed E-state index contributed by atoms with van der Waals surface area (Å²) in [5.41, 5.74) is 0.867. The SMILES string of the molecule is OCC1(N2CC3(CCCC3)C2)CCCCC1. The van der Waals surface area contributed by atoms with E-state index in [1.54, 1.807) is 0 Å². The Morgan fingerprint density at radius 2 is 1.38 bits per heavy atom. The maximum absolute atomic E-state index is 9.77. The summed E-state index contributed by atoms with van der Waals surface area (Å²) in [5, 5.41) is 9.77. The zero-order valence-corrected chi connectivity index (χ0v) is 10.4. The second kappa shape index (κ2) is 3.99. The van der Waals surface area contributed by atoms with Crippen molar-refractivity contribution in [2.45, 2.75) is 63.3 Å². The molecule has 0 radical (unpaired) electrons. The number of likely N-dealkylation sites (tertiary alicyclic amines) is 1. The van der Waals surface area contributed by atoms with Crippen LogP contribution in [0.25, 0.3) is 0 Å². The summed E-state index contributed by atoms with van der Waals surface area (Å²) in [4.78, 5) is 2.62. The molecule has 1 N–H and O–H groups in total. The highest BCUT2D eigenvalue weighted by molar-refractivity contribution is 5.06. The van der Waals surface area contributed by atoms with Gasteiger partial charge in [-0.25, -0.2) is 0 Å². The van der Waals surface area contributed by atoms with Crippen molar-refractivity contribution in [1.82, 2.24) is 4.90 Å². The molecule has 92 valence electrons. The second-order valence-corrected chi connectivity index (χ2v) is 6.51. The van der Waals surface area contributed by atoms with Gasteiger partial charge in [0.25, 0.3) is 0 Å². The van der Waals surface area contributed by atoms with Crippen LogP contribution in [0, 0.1) is 5.41 Å². The van der Waals surface area contributed by atoms with Gasteiger partial charge in [0, 0.05) is 18.6 Å². The Bertz CT molecular complexity index is 243. The Hall–Kier alpha value is -0.0800. The third kappa shape index (κ3) is 1.62. The van der Waals surface area contributed by atoms with Gasteiger partial charge in [-0.15, -0.1) is 0 Å². The summed E-state index contributed by atoms with van der Waals surface area (Å²) in [6.07, 6.45) is 12.3. The van der Waals surface area contributed by atoms with E-state index in [1.165, 1.54) is 70.9 Å². The minimum absolute atomic E-state index is 0.187. The number of hydrogen-bond donors (Lipinski definition) is 1. The van der Waals surface area contributed by atoms with Gasteiger partial charge >= 0.3 is 0 Å². The number of aliphatic hydroxyl groups is 1. The molecule has 0 bridgehead atoms. The predicted molar refractivity (Wildman–Crippen MR) is 65.4 cm³/mol. The largest absolute Gasteiger partial charge is 0.394 e. The fourth-order valence-electron chi connectivity index (χ4n) is 4.32. The third-order valence-electron chi connectivity index (χ3n) is 5.47. The van der Waals surface area contributed by atoms with Crippen LogP contribution in [0.15, 0.2) is 0 Å². The van der Waals surface area contributed by atoms with Crippen LogP contribution < -0.4 is 0 Å². The first-order valence-electron chi connectivity index (χ1n) is 7.15. The minimum Gasteiger partial charge on any atom is -0.394 e. The number of nitrogens with zero attached hydrogens (tertiary/aromatic N) is 1. The van der Waals surface area contributed by atoms with Gasteiger partial charge in [-0.3, -0.25) is 4.90 Å². The van der Waals surface area contributed by atoms with E-state index in [-0.39, 0.29) is 5.54 Å². The molecule has 1 heterocycles. The van der Waals surface area contributed by atoms with Gasteiger partial charge in [-0.1, -0.05) is 32.1 Å². The zero-order chi connectivity index (χ0) is 11.1. The quantitative estimate of drug-likeness (QED) is 0.777. The molecule has 2 saturated carbocycles. The van der Waals surface area contributed by atoms with Crippen molar-refractivity contribution < 1.29 is 5.11 Å². The highest BCUT2D eigenvalue weighted by Crippen LogP contribution is 2.50. The Balaban J connectivity index is 1.64. The van der Waals surface area contributed by atoms with Crippen LogP contribution in [-0.4, -0.2) is 35.2 Å². The van der Waals surface area contributed by atoms with Gasteiger partial charge in [0.2, 0.25) is 0 Å². The topological polar surface area (TPSA) is 23.5 Å². The van der Waals surface area contributed by atoms with Crippen molar-refractivity contribution in [3.05, 3.63) is 0 Å². The average molecular weight is 223 g/mol. The van der Waals surface area contributed by atoms with Gasteiger partial charge in [-0.05, 0) is 31.1 Å². The van der Waals surface area contributed by atoms with Crippen LogP contribution in [0.2, 0.25) is 0 Å². The first kappa shape index (κ1) is 11.0. The summed E-state index contributed by atoms with van der Waals surface area (Å²) in [5.74, 6) is 0. The molecule has 0 aromatic heterocycles. The fraction of sp³-hybridized carbons (Fsp3) is 1.00. The van der Waals surface area contributed by atoms with Crippen molar-refractivity contribution >= 4 is 0 Å². The maximum Gasteiger partial charge on any atom is 0.0615 e. The Morgan fingerprint density at radius 1 is 0.812 bits per heavy atom. The summed E-state index contributed by atoms with van der Waals surface area (Å²) in [7, 11) is 0. The van der Waals surface area contributed by atoms with Crippen LogP contribution in [0.5, 0.6) is 0 Å². The van der Waals surface area contributed by atoms with E-state index >= 15 is 0 Å². The van der Waals surface area contributed by atoms with Gasteiger partial charge in [0.15, 0.2) is 0 Å². The van der Waals surface area contributed by atoms with Gasteiger partial charge in [-0.2, -0.15) is 0 Å². The molecule has 0 amide bonds. The van der Waals surface area contributed by atoms with E-state index in [9.17, 15) is 5.11 Å². The molecule has 16 heavy (non-hydrogen) atoms. The first-order valence-corrected chi connectivity index (χ1v) is 7.15. The minimum atomic E-state index is 0.187. The van der Waals surface area contributed by atoms with E-state index in [0.29, 0.717) is 12.0 Å². The molecule has 0 atom stereocenters.